The van der Waals surface area contributed by atoms with Gasteiger partial charge < -0.3 is 15.0 Å². The molecule has 1 atom stereocenters. The summed E-state index contributed by atoms with van der Waals surface area (Å²) in [6.07, 6.45) is 0.969. The molecule has 0 bridgehead atoms. The molecule has 0 spiro atoms. The van der Waals surface area contributed by atoms with Gasteiger partial charge >= 0.3 is 0 Å². The molecule has 1 aromatic heterocycles. The Labute approximate surface area is 106 Å². The summed E-state index contributed by atoms with van der Waals surface area (Å²) in [5.41, 5.74) is 7.24. The Morgan fingerprint density at radius 1 is 1.44 bits per heavy atom. The highest BCUT2D eigenvalue weighted by Crippen LogP contribution is 2.29. The van der Waals surface area contributed by atoms with Gasteiger partial charge in [0.2, 0.25) is 0 Å². The van der Waals surface area contributed by atoms with Gasteiger partial charge in [0.05, 0.1) is 12.7 Å². The molecule has 0 aliphatic carbocycles. The number of nitrogen functional groups attached to an aromatic ring is 1. The van der Waals surface area contributed by atoms with Crippen molar-refractivity contribution in [1.29, 1.82) is 0 Å². The molecule has 1 unspecified atom stereocenters. The molecule has 96 valence electrons. The number of anilines is 1. The normalized spacial score (nSPS) is 12.4. The fourth-order valence-corrected chi connectivity index (χ4v) is 1.59. The number of methoxy groups -OCH3 is 1. The average molecular weight is 247 g/mol. The molecule has 5 heteroatoms. The summed E-state index contributed by atoms with van der Waals surface area (Å²) in [5, 5.41) is 3.97. The van der Waals surface area contributed by atoms with Gasteiger partial charge in [-0.3, -0.25) is 0 Å². The van der Waals surface area contributed by atoms with Gasteiger partial charge in [-0.2, -0.15) is 4.98 Å². The molecule has 1 heterocycles. The molecule has 0 saturated carbocycles. The molecule has 0 aliphatic rings. The highest BCUT2D eigenvalue weighted by molar-refractivity contribution is 5.71. The minimum atomic E-state index is 0.280. The fourth-order valence-electron chi connectivity index (χ4n) is 1.59. The Kier molecular flexibility index (Phi) is 3.50. The van der Waals surface area contributed by atoms with Gasteiger partial charge in [-0.05, 0) is 18.6 Å². The molecule has 1 aromatic carbocycles. The Morgan fingerprint density at radius 3 is 2.83 bits per heavy atom. The van der Waals surface area contributed by atoms with E-state index in [1.807, 2.05) is 12.1 Å². The predicted octanol–water partition coefficient (Wildman–Crippen LogP) is 2.84. The summed E-state index contributed by atoms with van der Waals surface area (Å²) >= 11 is 0. The van der Waals surface area contributed by atoms with Gasteiger partial charge in [-0.25, -0.2) is 0 Å². The van der Waals surface area contributed by atoms with Crippen LogP contribution in [-0.4, -0.2) is 17.3 Å². The average Bonchev–Trinajstić information content (AvgIpc) is 2.87. The minimum absolute atomic E-state index is 0.280. The lowest BCUT2D eigenvalue weighted by atomic mass is 10.1. The van der Waals surface area contributed by atoms with Crippen molar-refractivity contribution < 1.29 is 9.26 Å². The predicted molar refractivity (Wildman–Crippen MR) is 69.4 cm³/mol. The number of nitrogens with two attached hydrogens (primary N) is 1. The topological polar surface area (TPSA) is 74.2 Å². The van der Waals surface area contributed by atoms with Crippen LogP contribution in [0.5, 0.6) is 5.75 Å². The van der Waals surface area contributed by atoms with Gasteiger partial charge in [0, 0.05) is 17.7 Å². The molecule has 2 N–H and O–H groups in total. The van der Waals surface area contributed by atoms with Crippen molar-refractivity contribution >= 4 is 5.69 Å². The zero-order valence-electron chi connectivity index (χ0n) is 10.8. The van der Waals surface area contributed by atoms with Crippen LogP contribution >= 0.6 is 0 Å². The van der Waals surface area contributed by atoms with Crippen LogP contribution in [0.25, 0.3) is 11.5 Å². The lowest BCUT2D eigenvalue weighted by molar-refractivity contribution is 0.413. The number of rotatable bonds is 4. The van der Waals surface area contributed by atoms with Gasteiger partial charge in [0.25, 0.3) is 5.89 Å². The summed E-state index contributed by atoms with van der Waals surface area (Å²) in [4.78, 5) is 4.37. The number of benzene rings is 1. The summed E-state index contributed by atoms with van der Waals surface area (Å²) in [7, 11) is 1.60. The SMILES string of the molecule is CCC(C)c1noc(-c2ccc(OC)cc2N)n1. The molecule has 0 aliphatic heterocycles. The molecule has 0 amide bonds. The summed E-state index contributed by atoms with van der Waals surface area (Å²) in [6.45, 7) is 4.15. The van der Waals surface area contributed by atoms with Crippen molar-refractivity contribution in [1.82, 2.24) is 10.1 Å². The molecule has 0 radical (unpaired) electrons. The largest absolute Gasteiger partial charge is 0.497 e. The van der Waals surface area contributed by atoms with Gasteiger partial charge in [0.15, 0.2) is 5.82 Å². The van der Waals surface area contributed by atoms with Crippen molar-refractivity contribution in [3.8, 4) is 17.2 Å². The minimum Gasteiger partial charge on any atom is -0.497 e. The Bertz CT molecular complexity index is 537. The van der Waals surface area contributed by atoms with Crippen LogP contribution in [0.1, 0.15) is 32.0 Å². The molecule has 0 fully saturated rings. The second kappa shape index (κ2) is 5.08. The van der Waals surface area contributed by atoms with E-state index in [0.29, 0.717) is 23.2 Å². The second-order valence-corrected chi connectivity index (χ2v) is 4.22. The third-order valence-electron chi connectivity index (χ3n) is 2.98. The monoisotopic (exact) mass is 247 g/mol. The molecule has 2 aromatic rings. The molecular weight excluding hydrogens is 230 g/mol. The number of nitrogens with zero attached hydrogens (tertiary/aromatic N) is 2. The summed E-state index contributed by atoms with van der Waals surface area (Å²) in [6, 6.07) is 5.38. The maximum absolute atomic E-state index is 5.94. The lowest BCUT2D eigenvalue weighted by Crippen LogP contribution is -1.95. The van der Waals surface area contributed by atoms with Crippen LogP contribution < -0.4 is 10.5 Å². The van der Waals surface area contributed by atoms with E-state index in [2.05, 4.69) is 24.0 Å². The van der Waals surface area contributed by atoms with Crippen molar-refractivity contribution in [2.75, 3.05) is 12.8 Å². The van der Waals surface area contributed by atoms with E-state index in [1.165, 1.54) is 0 Å². The fraction of sp³-hybridized carbons (Fsp3) is 0.385. The quantitative estimate of drug-likeness (QED) is 0.841. The maximum Gasteiger partial charge on any atom is 0.260 e. The van der Waals surface area contributed by atoms with E-state index in [0.717, 1.165) is 12.0 Å². The van der Waals surface area contributed by atoms with E-state index in [4.69, 9.17) is 15.0 Å². The van der Waals surface area contributed by atoms with E-state index >= 15 is 0 Å². The van der Waals surface area contributed by atoms with Crippen LogP contribution in [0, 0.1) is 0 Å². The standard InChI is InChI=1S/C13H17N3O2/c1-4-8(2)12-15-13(18-16-12)10-6-5-9(17-3)7-11(10)14/h5-8H,4,14H2,1-3H3. The molecule has 0 saturated heterocycles. The molecule has 18 heavy (non-hydrogen) atoms. The zero-order valence-corrected chi connectivity index (χ0v) is 10.8. The third-order valence-corrected chi connectivity index (χ3v) is 2.98. The first-order valence-electron chi connectivity index (χ1n) is 5.93. The van der Waals surface area contributed by atoms with Gasteiger partial charge in [-0.1, -0.05) is 19.0 Å². The van der Waals surface area contributed by atoms with Crippen LogP contribution in [0.4, 0.5) is 5.69 Å². The molecule has 2 rings (SSSR count). The first-order chi connectivity index (χ1) is 8.65. The third kappa shape index (κ3) is 2.30. The molecule has 5 nitrogen and oxygen atoms in total. The first kappa shape index (κ1) is 12.4. The maximum atomic E-state index is 5.94. The van der Waals surface area contributed by atoms with E-state index < -0.39 is 0 Å². The van der Waals surface area contributed by atoms with Crippen molar-refractivity contribution in [3.05, 3.63) is 24.0 Å². The Balaban J connectivity index is 2.34. The highest BCUT2D eigenvalue weighted by atomic mass is 16.5. The van der Waals surface area contributed by atoms with Crippen LogP contribution in [0.2, 0.25) is 0 Å². The van der Waals surface area contributed by atoms with E-state index in [9.17, 15) is 0 Å². The Hall–Kier alpha value is -2.04. The van der Waals surface area contributed by atoms with Crippen molar-refractivity contribution in [2.45, 2.75) is 26.2 Å². The number of hydrogen-bond donors (Lipinski definition) is 1. The number of ether oxygens (including phenoxy) is 1. The van der Waals surface area contributed by atoms with Crippen LogP contribution in [-0.2, 0) is 0 Å². The van der Waals surface area contributed by atoms with E-state index in [-0.39, 0.29) is 5.92 Å². The van der Waals surface area contributed by atoms with Crippen LogP contribution in [0.3, 0.4) is 0 Å². The van der Waals surface area contributed by atoms with Gasteiger partial charge in [0.1, 0.15) is 5.75 Å². The summed E-state index contributed by atoms with van der Waals surface area (Å²) in [5.74, 6) is 2.15. The van der Waals surface area contributed by atoms with Crippen molar-refractivity contribution in [3.63, 3.8) is 0 Å². The van der Waals surface area contributed by atoms with Crippen molar-refractivity contribution in [2.24, 2.45) is 0 Å². The lowest BCUT2D eigenvalue weighted by Gasteiger charge is -2.04. The smallest absolute Gasteiger partial charge is 0.260 e. The van der Waals surface area contributed by atoms with Crippen LogP contribution in [0.15, 0.2) is 22.7 Å². The Morgan fingerprint density at radius 2 is 2.22 bits per heavy atom. The number of hydrogen-bond acceptors (Lipinski definition) is 5. The highest BCUT2D eigenvalue weighted by Gasteiger charge is 2.15. The second-order valence-electron chi connectivity index (χ2n) is 4.22. The number of aromatic nitrogens is 2. The zero-order chi connectivity index (χ0) is 13.1. The van der Waals surface area contributed by atoms with E-state index in [1.54, 1.807) is 13.2 Å². The first-order valence-corrected chi connectivity index (χ1v) is 5.93. The van der Waals surface area contributed by atoms with Gasteiger partial charge in [-0.15, -0.1) is 0 Å². The summed E-state index contributed by atoms with van der Waals surface area (Å²) < 4.78 is 10.3. The molecular formula is C13H17N3O2.